The lowest BCUT2D eigenvalue weighted by atomic mass is 9.89. The molecule has 0 saturated carbocycles. The Morgan fingerprint density at radius 3 is 3.15 bits per heavy atom. The van der Waals surface area contributed by atoms with Gasteiger partial charge in [0.05, 0.1) is 5.69 Å². The zero-order valence-electron chi connectivity index (χ0n) is 8.16. The van der Waals surface area contributed by atoms with Gasteiger partial charge >= 0.3 is 0 Å². The third-order valence-electron chi connectivity index (χ3n) is 2.64. The first-order valence-electron chi connectivity index (χ1n) is 4.86. The van der Waals surface area contributed by atoms with E-state index in [-0.39, 0.29) is 0 Å². The zero-order chi connectivity index (χ0) is 9.26. The normalized spacial score (nSPS) is 21.6. The highest BCUT2D eigenvalue weighted by atomic mass is 32.2. The van der Waals surface area contributed by atoms with Gasteiger partial charge in [0.25, 0.3) is 0 Å². The summed E-state index contributed by atoms with van der Waals surface area (Å²) in [5, 5.41) is 0. The molecule has 1 nitrogen and oxygen atoms in total. The fourth-order valence-electron chi connectivity index (χ4n) is 1.88. The molecule has 2 heteroatoms. The molecule has 1 aromatic heterocycles. The van der Waals surface area contributed by atoms with Crippen LogP contribution in [0.5, 0.6) is 0 Å². The van der Waals surface area contributed by atoms with Gasteiger partial charge < -0.3 is 0 Å². The van der Waals surface area contributed by atoms with Crippen LogP contribution in [0.1, 0.15) is 31.9 Å². The maximum atomic E-state index is 4.50. The number of hydrogen-bond acceptors (Lipinski definition) is 2. The van der Waals surface area contributed by atoms with Crippen molar-refractivity contribution >= 4 is 11.8 Å². The second-order valence-corrected chi connectivity index (χ2v) is 5.01. The van der Waals surface area contributed by atoms with Crippen LogP contribution in [0.3, 0.4) is 0 Å². The summed E-state index contributed by atoms with van der Waals surface area (Å²) in [7, 11) is 0. The number of rotatable bonds is 1. The number of nitrogens with zero attached hydrogens (tertiary/aromatic N) is 1. The van der Waals surface area contributed by atoms with Crippen LogP contribution < -0.4 is 0 Å². The van der Waals surface area contributed by atoms with Crippen LogP contribution in [-0.4, -0.2) is 10.7 Å². The van der Waals surface area contributed by atoms with Crippen LogP contribution >= 0.6 is 11.8 Å². The van der Waals surface area contributed by atoms with Crippen molar-refractivity contribution in [1.82, 2.24) is 4.98 Å². The topological polar surface area (TPSA) is 12.9 Å². The molecule has 1 aromatic rings. The number of thioether (sulfide) groups is 1. The van der Waals surface area contributed by atoms with Gasteiger partial charge in [-0.2, -0.15) is 0 Å². The van der Waals surface area contributed by atoms with Crippen molar-refractivity contribution < 1.29 is 0 Å². The second-order valence-electron chi connectivity index (χ2n) is 3.87. The van der Waals surface area contributed by atoms with E-state index in [1.54, 1.807) is 0 Å². The summed E-state index contributed by atoms with van der Waals surface area (Å²) in [6.45, 7) is 4.58. The van der Waals surface area contributed by atoms with Gasteiger partial charge in [-0.15, -0.1) is 11.8 Å². The molecule has 0 aliphatic carbocycles. The van der Waals surface area contributed by atoms with E-state index >= 15 is 0 Å². The van der Waals surface area contributed by atoms with E-state index in [2.05, 4.69) is 24.9 Å². The van der Waals surface area contributed by atoms with Crippen molar-refractivity contribution in [2.24, 2.45) is 5.92 Å². The Kier molecular flexibility index (Phi) is 2.58. The van der Waals surface area contributed by atoms with E-state index < -0.39 is 0 Å². The van der Waals surface area contributed by atoms with Crippen molar-refractivity contribution in [2.75, 3.05) is 5.75 Å². The molecule has 0 saturated heterocycles. The second kappa shape index (κ2) is 3.70. The average molecular weight is 193 g/mol. The van der Waals surface area contributed by atoms with Crippen molar-refractivity contribution in [2.45, 2.75) is 31.1 Å². The molecule has 0 aromatic carbocycles. The predicted molar refractivity (Wildman–Crippen MR) is 57.2 cm³/mol. The summed E-state index contributed by atoms with van der Waals surface area (Å²) in [6.07, 6.45) is 3.20. The standard InChI is InChI=1S/C11H15NS/c1-8(2)9-5-7-13-10-4-3-6-12-11(9)10/h3-4,6,8-9H,5,7H2,1-2H3. The largest absolute Gasteiger partial charge is 0.260 e. The van der Waals surface area contributed by atoms with Gasteiger partial charge in [-0.25, -0.2) is 0 Å². The van der Waals surface area contributed by atoms with Gasteiger partial charge in [0.15, 0.2) is 0 Å². The molecule has 2 rings (SSSR count). The highest BCUT2D eigenvalue weighted by Crippen LogP contribution is 2.39. The summed E-state index contributed by atoms with van der Waals surface area (Å²) in [5.74, 6) is 2.65. The molecule has 1 aliphatic rings. The van der Waals surface area contributed by atoms with Crippen molar-refractivity contribution in [3.63, 3.8) is 0 Å². The molecule has 0 amide bonds. The fraction of sp³-hybridized carbons (Fsp3) is 0.545. The molecule has 0 fully saturated rings. The highest BCUT2D eigenvalue weighted by molar-refractivity contribution is 7.99. The molecular weight excluding hydrogens is 178 g/mol. The number of hydrogen-bond donors (Lipinski definition) is 0. The molecule has 0 N–H and O–H groups in total. The van der Waals surface area contributed by atoms with Gasteiger partial charge in [-0.3, -0.25) is 4.98 Å². The van der Waals surface area contributed by atoms with Gasteiger partial charge in [0.1, 0.15) is 0 Å². The van der Waals surface area contributed by atoms with E-state index in [0.717, 1.165) is 5.92 Å². The smallest absolute Gasteiger partial charge is 0.0572 e. The van der Waals surface area contributed by atoms with Crippen LogP contribution in [0.2, 0.25) is 0 Å². The van der Waals surface area contributed by atoms with Gasteiger partial charge in [-0.1, -0.05) is 13.8 Å². The van der Waals surface area contributed by atoms with Crippen LogP contribution in [0, 0.1) is 5.92 Å². The maximum absolute atomic E-state index is 4.50. The number of pyridine rings is 1. The summed E-state index contributed by atoms with van der Waals surface area (Å²) >= 11 is 1.95. The van der Waals surface area contributed by atoms with Crippen LogP contribution in [0.15, 0.2) is 23.2 Å². The average Bonchev–Trinajstić information content (AvgIpc) is 2.17. The first kappa shape index (κ1) is 9.07. The first-order chi connectivity index (χ1) is 6.29. The Balaban J connectivity index is 2.37. The Labute approximate surface area is 84.0 Å². The van der Waals surface area contributed by atoms with Crippen LogP contribution in [0.25, 0.3) is 0 Å². The molecule has 13 heavy (non-hydrogen) atoms. The third-order valence-corrected chi connectivity index (χ3v) is 3.74. The Bertz CT molecular complexity index is 296. The Hall–Kier alpha value is -0.500. The molecule has 0 spiro atoms. The summed E-state index contributed by atoms with van der Waals surface area (Å²) in [5.41, 5.74) is 1.33. The van der Waals surface area contributed by atoms with Gasteiger partial charge in [0, 0.05) is 17.0 Å². The summed E-state index contributed by atoms with van der Waals surface area (Å²) in [6, 6.07) is 4.23. The Morgan fingerprint density at radius 2 is 2.38 bits per heavy atom. The monoisotopic (exact) mass is 193 g/mol. The summed E-state index contributed by atoms with van der Waals surface area (Å²) in [4.78, 5) is 5.90. The van der Waals surface area contributed by atoms with Crippen molar-refractivity contribution in [3.8, 4) is 0 Å². The molecule has 0 radical (unpaired) electrons. The minimum Gasteiger partial charge on any atom is -0.260 e. The summed E-state index contributed by atoms with van der Waals surface area (Å²) < 4.78 is 0. The number of aromatic nitrogens is 1. The predicted octanol–water partition coefficient (Wildman–Crippen LogP) is 3.32. The zero-order valence-corrected chi connectivity index (χ0v) is 8.97. The van der Waals surface area contributed by atoms with E-state index in [0.29, 0.717) is 5.92 Å². The Morgan fingerprint density at radius 1 is 1.54 bits per heavy atom. The quantitative estimate of drug-likeness (QED) is 0.678. The SMILES string of the molecule is CC(C)C1CCSc2cccnc21. The van der Waals surface area contributed by atoms with Crippen molar-refractivity contribution in [1.29, 1.82) is 0 Å². The lowest BCUT2D eigenvalue weighted by Gasteiger charge is -2.26. The molecule has 1 aliphatic heterocycles. The van der Waals surface area contributed by atoms with Crippen LogP contribution in [0.4, 0.5) is 0 Å². The lowest BCUT2D eigenvalue weighted by molar-refractivity contribution is 0.465. The van der Waals surface area contributed by atoms with Gasteiger partial charge in [-0.05, 0) is 30.2 Å². The van der Waals surface area contributed by atoms with E-state index in [9.17, 15) is 0 Å². The first-order valence-corrected chi connectivity index (χ1v) is 5.85. The molecule has 0 bridgehead atoms. The molecular formula is C11H15NS. The molecule has 1 unspecified atom stereocenters. The molecule has 2 heterocycles. The number of fused-ring (bicyclic) bond motifs is 1. The van der Waals surface area contributed by atoms with Crippen LogP contribution in [-0.2, 0) is 0 Å². The molecule has 70 valence electrons. The van der Waals surface area contributed by atoms with E-state index in [1.165, 1.54) is 22.8 Å². The lowest BCUT2D eigenvalue weighted by Crippen LogP contribution is -2.14. The van der Waals surface area contributed by atoms with E-state index in [1.807, 2.05) is 24.0 Å². The minimum absolute atomic E-state index is 0.678. The molecule has 1 atom stereocenters. The maximum Gasteiger partial charge on any atom is 0.0572 e. The van der Waals surface area contributed by atoms with Gasteiger partial charge in [0.2, 0.25) is 0 Å². The fourth-order valence-corrected chi connectivity index (χ4v) is 3.00. The third kappa shape index (κ3) is 1.73. The minimum atomic E-state index is 0.678. The highest BCUT2D eigenvalue weighted by Gasteiger charge is 2.23. The van der Waals surface area contributed by atoms with E-state index in [4.69, 9.17) is 0 Å². The van der Waals surface area contributed by atoms with Crippen molar-refractivity contribution in [3.05, 3.63) is 24.0 Å².